The molecule has 0 aliphatic carbocycles. The maximum atomic E-state index is 12.9. The number of nitrogens with zero attached hydrogens (tertiary/aromatic N) is 3. The number of hydrogen-bond donors (Lipinski definition) is 2. The Morgan fingerprint density at radius 1 is 0.938 bits per heavy atom. The number of nitro benzene ring substituents is 1. The number of aromatic amines is 1. The summed E-state index contributed by atoms with van der Waals surface area (Å²) >= 11 is 0. The number of rotatable bonds is 4. The lowest BCUT2D eigenvalue weighted by atomic mass is 9.94. The van der Waals surface area contributed by atoms with Gasteiger partial charge in [-0.15, -0.1) is 0 Å². The highest BCUT2D eigenvalue weighted by molar-refractivity contribution is 6.50. The van der Waals surface area contributed by atoms with Crippen LogP contribution in [-0.2, 0) is 9.59 Å². The topological polar surface area (TPSA) is 112 Å². The van der Waals surface area contributed by atoms with Gasteiger partial charge in [-0.1, -0.05) is 18.2 Å². The molecule has 0 spiro atoms. The molecule has 2 amide bonds. The van der Waals surface area contributed by atoms with Gasteiger partial charge < -0.3 is 14.8 Å². The van der Waals surface area contributed by atoms with Gasteiger partial charge in [-0.05, 0) is 25.2 Å². The normalized spacial score (nSPS) is 17.3. The van der Waals surface area contributed by atoms with Crippen LogP contribution in [0.2, 0.25) is 0 Å². The summed E-state index contributed by atoms with van der Waals surface area (Å²) in [5.74, 6) is -1.19. The molecular formula is C23H21N5O4. The number of nitrogens with one attached hydrogen (secondary N) is 2. The lowest BCUT2D eigenvalue weighted by Gasteiger charge is -2.34. The van der Waals surface area contributed by atoms with Gasteiger partial charge in [0.05, 0.1) is 21.6 Å². The maximum absolute atomic E-state index is 12.9. The van der Waals surface area contributed by atoms with Gasteiger partial charge in [0.2, 0.25) is 0 Å². The molecule has 0 bridgehead atoms. The average molecular weight is 431 g/mol. The predicted molar refractivity (Wildman–Crippen MR) is 121 cm³/mol. The highest BCUT2D eigenvalue weighted by Gasteiger charge is 2.37. The number of fused-ring (bicyclic) bond motifs is 1. The number of para-hydroxylation sites is 1. The number of benzene rings is 2. The molecule has 2 aliphatic heterocycles. The van der Waals surface area contributed by atoms with Crippen LogP contribution in [0.5, 0.6) is 0 Å². The summed E-state index contributed by atoms with van der Waals surface area (Å²) < 4.78 is 0. The van der Waals surface area contributed by atoms with Crippen molar-refractivity contribution >= 4 is 45.2 Å². The van der Waals surface area contributed by atoms with Crippen molar-refractivity contribution in [2.24, 2.45) is 0 Å². The van der Waals surface area contributed by atoms with Gasteiger partial charge in [-0.2, -0.15) is 0 Å². The van der Waals surface area contributed by atoms with Crippen molar-refractivity contribution < 1.29 is 14.5 Å². The van der Waals surface area contributed by atoms with E-state index in [4.69, 9.17) is 0 Å². The highest BCUT2D eigenvalue weighted by atomic mass is 16.6. The molecule has 9 heteroatoms. The molecule has 32 heavy (non-hydrogen) atoms. The molecule has 1 aromatic heterocycles. The number of aromatic nitrogens is 1. The minimum atomic E-state index is -0.631. The molecule has 5 rings (SSSR count). The van der Waals surface area contributed by atoms with E-state index >= 15 is 0 Å². The Bertz CT molecular complexity index is 1300. The zero-order valence-electron chi connectivity index (χ0n) is 17.4. The van der Waals surface area contributed by atoms with E-state index in [9.17, 15) is 19.7 Å². The molecule has 0 atom stereocenters. The number of piperazine rings is 1. The SMILES string of the molecule is CN1CCN(c2ccc([N+](=O)[O-])c(C3=C(c4c[nH]c5ccccc45)C(=O)NC3=O)c2)CC1. The third-order valence-corrected chi connectivity index (χ3v) is 6.10. The zero-order chi connectivity index (χ0) is 22.4. The van der Waals surface area contributed by atoms with E-state index in [0.717, 1.165) is 42.8 Å². The Hall–Kier alpha value is -3.98. The van der Waals surface area contributed by atoms with Crippen LogP contribution in [0.1, 0.15) is 11.1 Å². The number of anilines is 1. The van der Waals surface area contributed by atoms with Crippen molar-refractivity contribution in [3.63, 3.8) is 0 Å². The summed E-state index contributed by atoms with van der Waals surface area (Å²) in [6.45, 7) is 3.28. The largest absolute Gasteiger partial charge is 0.369 e. The molecule has 162 valence electrons. The third-order valence-electron chi connectivity index (χ3n) is 6.10. The fourth-order valence-corrected chi connectivity index (χ4v) is 4.39. The van der Waals surface area contributed by atoms with Gasteiger partial charge in [0.1, 0.15) is 0 Å². The number of imide groups is 1. The van der Waals surface area contributed by atoms with Crippen molar-refractivity contribution in [1.82, 2.24) is 15.2 Å². The first-order valence-corrected chi connectivity index (χ1v) is 10.3. The standard InChI is InChI=1S/C23H21N5O4/c1-26-8-10-27(11-9-26)14-6-7-19(28(31)32)16(12-14)20-21(23(30)25-22(20)29)17-13-24-18-5-3-2-4-15(17)18/h2-7,12-13,24H,8-11H2,1H3,(H,25,29,30). The summed E-state index contributed by atoms with van der Waals surface area (Å²) in [6, 6.07) is 12.2. The van der Waals surface area contributed by atoms with Crippen LogP contribution in [0, 0.1) is 10.1 Å². The van der Waals surface area contributed by atoms with Crippen LogP contribution in [0.3, 0.4) is 0 Å². The summed E-state index contributed by atoms with van der Waals surface area (Å²) in [6.07, 6.45) is 1.66. The lowest BCUT2D eigenvalue weighted by molar-refractivity contribution is -0.385. The van der Waals surface area contributed by atoms with Crippen LogP contribution in [-0.4, -0.2) is 59.8 Å². The number of H-pyrrole nitrogens is 1. The fourth-order valence-electron chi connectivity index (χ4n) is 4.39. The van der Waals surface area contributed by atoms with E-state index < -0.39 is 16.7 Å². The number of hydrogen-bond acceptors (Lipinski definition) is 6. The van der Waals surface area contributed by atoms with Crippen molar-refractivity contribution in [2.75, 3.05) is 38.1 Å². The summed E-state index contributed by atoms with van der Waals surface area (Å²) in [5.41, 5.74) is 2.25. The Morgan fingerprint density at radius 2 is 1.62 bits per heavy atom. The first-order chi connectivity index (χ1) is 15.4. The van der Waals surface area contributed by atoms with Crippen molar-refractivity contribution in [3.8, 4) is 0 Å². The highest BCUT2D eigenvalue weighted by Crippen LogP contribution is 2.39. The quantitative estimate of drug-likeness (QED) is 0.373. The molecule has 2 aromatic carbocycles. The third kappa shape index (κ3) is 3.23. The van der Waals surface area contributed by atoms with Crippen LogP contribution in [0.25, 0.3) is 22.0 Å². The van der Waals surface area contributed by atoms with Gasteiger partial charge in [-0.3, -0.25) is 25.0 Å². The molecule has 3 aromatic rings. The first-order valence-electron chi connectivity index (χ1n) is 10.3. The average Bonchev–Trinajstić information content (AvgIpc) is 3.33. The number of carbonyl (C=O) groups excluding carboxylic acids is 2. The molecule has 1 fully saturated rings. The van der Waals surface area contributed by atoms with E-state index in [1.165, 1.54) is 6.07 Å². The number of nitro groups is 1. The molecule has 0 radical (unpaired) electrons. The van der Waals surface area contributed by atoms with E-state index in [0.29, 0.717) is 5.56 Å². The number of carbonyl (C=O) groups is 2. The Morgan fingerprint density at radius 3 is 2.34 bits per heavy atom. The number of amides is 2. The van der Waals surface area contributed by atoms with Crippen LogP contribution >= 0.6 is 0 Å². The summed E-state index contributed by atoms with van der Waals surface area (Å²) in [7, 11) is 2.05. The molecular weight excluding hydrogens is 410 g/mol. The minimum Gasteiger partial charge on any atom is -0.369 e. The molecule has 9 nitrogen and oxygen atoms in total. The minimum absolute atomic E-state index is 0.0300. The van der Waals surface area contributed by atoms with E-state index in [2.05, 4.69) is 20.1 Å². The second-order valence-electron chi connectivity index (χ2n) is 8.03. The Kier molecular flexibility index (Phi) is 4.75. The van der Waals surface area contributed by atoms with Gasteiger partial charge in [-0.25, -0.2) is 0 Å². The molecule has 2 aliphatic rings. The lowest BCUT2D eigenvalue weighted by Crippen LogP contribution is -2.44. The van der Waals surface area contributed by atoms with E-state index in [-0.39, 0.29) is 22.4 Å². The van der Waals surface area contributed by atoms with E-state index in [1.54, 1.807) is 18.3 Å². The van der Waals surface area contributed by atoms with Gasteiger partial charge in [0.15, 0.2) is 0 Å². The second-order valence-corrected chi connectivity index (χ2v) is 8.03. The molecule has 0 saturated carbocycles. The van der Waals surface area contributed by atoms with Crippen LogP contribution in [0.15, 0.2) is 48.7 Å². The summed E-state index contributed by atoms with van der Waals surface area (Å²) in [4.78, 5) is 44.5. The first kappa shape index (κ1) is 20.0. The molecule has 2 N–H and O–H groups in total. The Balaban J connectivity index is 1.71. The van der Waals surface area contributed by atoms with Crippen molar-refractivity contribution in [3.05, 3.63) is 69.9 Å². The Labute approximate surface area is 183 Å². The predicted octanol–water partition coefficient (Wildman–Crippen LogP) is 2.40. The monoisotopic (exact) mass is 431 g/mol. The molecule has 0 unspecified atom stereocenters. The second kappa shape index (κ2) is 7.61. The van der Waals surface area contributed by atoms with Gasteiger partial charge in [0.25, 0.3) is 17.5 Å². The van der Waals surface area contributed by atoms with Crippen molar-refractivity contribution in [1.29, 1.82) is 0 Å². The van der Waals surface area contributed by atoms with Gasteiger partial charge >= 0.3 is 0 Å². The van der Waals surface area contributed by atoms with Crippen molar-refractivity contribution in [2.45, 2.75) is 0 Å². The van der Waals surface area contributed by atoms with Crippen LogP contribution in [0.4, 0.5) is 11.4 Å². The van der Waals surface area contributed by atoms with Gasteiger partial charge in [0, 0.05) is 60.6 Å². The number of likely N-dealkylation sites (N-methyl/N-ethyl adjacent to an activating group) is 1. The molecule has 1 saturated heterocycles. The zero-order valence-corrected chi connectivity index (χ0v) is 17.4. The smallest absolute Gasteiger partial charge is 0.277 e. The fraction of sp³-hybridized carbons (Fsp3) is 0.217. The van der Waals surface area contributed by atoms with E-state index in [1.807, 2.05) is 31.3 Å². The molecule has 3 heterocycles. The maximum Gasteiger partial charge on any atom is 0.277 e. The summed E-state index contributed by atoms with van der Waals surface area (Å²) in [5, 5.41) is 14.9. The van der Waals surface area contributed by atoms with Crippen LogP contribution < -0.4 is 10.2 Å².